The summed E-state index contributed by atoms with van der Waals surface area (Å²) < 4.78 is 13.6. The summed E-state index contributed by atoms with van der Waals surface area (Å²) in [7, 11) is 0. The van der Waals surface area contributed by atoms with E-state index in [1.54, 1.807) is 19.9 Å². The predicted molar refractivity (Wildman–Crippen MR) is 60.2 cm³/mol. The molecule has 1 aromatic carbocycles. The smallest absolute Gasteiger partial charge is 0.321 e. The first-order chi connectivity index (χ1) is 7.36. The number of carboxylic acid groups (broad SMARTS) is 1. The molecule has 88 valence electrons. The van der Waals surface area contributed by atoms with E-state index in [4.69, 9.17) is 22.4 Å². The maximum absolute atomic E-state index is 13.6. The molecule has 0 aliphatic heterocycles. The lowest BCUT2D eigenvalue weighted by molar-refractivity contribution is -0.139. The van der Waals surface area contributed by atoms with Gasteiger partial charge in [-0.05, 0) is 18.6 Å². The van der Waals surface area contributed by atoms with Gasteiger partial charge in [0.15, 0.2) is 0 Å². The Hall–Kier alpha value is -1.13. The van der Waals surface area contributed by atoms with Gasteiger partial charge in [0, 0.05) is 16.5 Å². The molecule has 0 amide bonds. The highest BCUT2D eigenvalue weighted by molar-refractivity contribution is 6.32. The molecule has 5 heteroatoms. The minimum absolute atomic E-state index is 0.163. The Labute approximate surface area is 98.0 Å². The van der Waals surface area contributed by atoms with E-state index in [-0.39, 0.29) is 10.6 Å². The number of benzene rings is 1. The highest BCUT2D eigenvalue weighted by atomic mass is 35.5. The van der Waals surface area contributed by atoms with Crippen LogP contribution in [0.3, 0.4) is 0 Å². The van der Waals surface area contributed by atoms with Crippen LogP contribution < -0.4 is 5.73 Å². The fourth-order valence-corrected chi connectivity index (χ4v) is 1.81. The van der Waals surface area contributed by atoms with Crippen LogP contribution in [0.25, 0.3) is 0 Å². The molecule has 0 saturated heterocycles. The molecule has 0 aliphatic rings. The van der Waals surface area contributed by atoms with Crippen LogP contribution in [-0.4, -0.2) is 17.1 Å². The van der Waals surface area contributed by atoms with E-state index < -0.39 is 23.7 Å². The van der Waals surface area contributed by atoms with Crippen molar-refractivity contribution in [3.05, 3.63) is 34.1 Å². The van der Waals surface area contributed by atoms with Gasteiger partial charge in [0.2, 0.25) is 0 Å². The molecule has 0 spiro atoms. The number of aliphatic carboxylic acids is 1. The molecule has 0 aliphatic carbocycles. The Kier molecular flexibility index (Phi) is 3.88. The van der Waals surface area contributed by atoms with Gasteiger partial charge in [0.05, 0.1) is 0 Å². The van der Waals surface area contributed by atoms with Gasteiger partial charge in [-0.2, -0.15) is 0 Å². The van der Waals surface area contributed by atoms with Crippen LogP contribution in [0.15, 0.2) is 12.1 Å². The normalized spacial score (nSPS) is 14.6. The Balaban J connectivity index is 3.22. The van der Waals surface area contributed by atoms with Crippen molar-refractivity contribution in [3.8, 4) is 0 Å². The molecule has 1 rings (SSSR count). The summed E-state index contributed by atoms with van der Waals surface area (Å²) in [5.41, 5.74) is 6.32. The Bertz CT molecular complexity index is 423. The maximum atomic E-state index is 13.6. The number of aryl methyl sites for hydroxylation is 1. The molecule has 3 nitrogen and oxygen atoms in total. The third kappa shape index (κ3) is 2.33. The van der Waals surface area contributed by atoms with Crippen LogP contribution >= 0.6 is 11.6 Å². The molecule has 0 saturated carbocycles. The molecular weight excluding hydrogens is 233 g/mol. The predicted octanol–water partition coefficient (Wildman–Crippen LogP) is 2.30. The van der Waals surface area contributed by atoms with Gasteiger partial charge in [0.25, 0.3) is 0 Å². The molecule has 3 N–H and O–H groups in total. The lowest BCUT2D eigenvalue weighted by atomic mass is 9.92. The van der Waals surface area contributed by atoms with Crippen LogP contribution in [0.2, 0.25) is 5.02 Å². The number of carbonyl (C=O) groups is 1. The molecule has 0 fully saturated rings. The summed E-state index contributed by atoms with van der Waals surface area (Å²) >= 11 is 5.95. The summed E-state index contributed by atoms with van der Waals surface area (Å²) in [6, 6.07) is 1.63. The summed E-state index contributed by atoms with van der Waals surface area (Å²) in [5.74, 6) is -2.38. The second-order valence-corrected chi connectivity index (χ2v) is 4.12. The van der Waals surface area contributed by atoms with Crippen molar-refractivity contribution >= 4 is 17.6 Å². The van der Waals surface area contributed by atoms with Crippen LogP contribution in [-0.2, 0) is 4.79 Å². The summed E-state index contributed by atoms with van der Waals surface area (Å²) in [4.78, 5) is 10.7. The van der Waals surface area contributed by atoms with Gasteiger partial charge >= 0.3 is 5.97 Å². The first-order valence-corrected chi connectivity index (χ1v) is 5.17. The van der Waals surface area contributed by atoms with Crippen LogP contribution in [0.1, 0.15) is 24.0 Å². The van der Waals surface area contributed by atoms with Crippen LogP contribution in [0, 0.1) is 12.7 Å². The molecule has 0 bridgehead atoms. The van der Waals surface area contributed by atoms with E-state index in [9.17, 15) is 9.18 Å². The van der Waals surface area contributed by atoms with Crippen molar-refractivity contribution in [3.63, 3.8) is 0 Å². The lowest BCUT2D eigenvalue weighted by Gasteiger charge is -2.19. The summed E-state index contributed by atoms with van der Waals surface area (Å²) in [6.45, 7) is 3.27. The zero-order chi connectivity index (χ0) is 12.5. The largest absolute Gasteiger partial charge is 0.480 e. The van der Waals surface area contributed by atoms with Gasteiger partial charge < -0.3 is 10.8 Å². The molecular formula is C11H13ClFNO2. The van der Waals surface area contributed by atoms with E-state index in [2.05, 4.69) is 0 Å². The number of hydrogen-bond acceptors (Lipinski definition) is 2. The first kappa shape index (κ1) is 12.9. The van der Waals surface area contributed by atoms with E-state index >= 15 is 0 Å². The first-order valence-electron chi connectivity index (χ1n) is 4.79. The SMILES string of the molecule is Cc1ccc(F)c(C(C)[C@H](N)C(=O)O)c1Cl. The van der Waals surface area contributed by atoms with Gasteiger partial charge in [-0.25, -0.2) is 4.39 Å². The second kappa shape index (κ2) is 4.80. The highest BCUT2D eigenvalue weighted by Crippen LogP contribution is 2.31. The fourth-order valence-electron chi connectivity index (χ4n) is 1.49. The van der Waals surface area contributed by atoms with Crippen molar-refractivity contribution in [2.24, 2.45) is 5.73 Å². The van der Waals surface area contributed by atoms with Crippen molar-refractivity contribution in [2.45, 2.75) is 25.8 Å². The fraction of sp³-hybridized carbons (Fsp3) is 0.364. The van der Waals surface area contributed by atoms with Crippen LogP contribution in [0.4, 0.5) is 4.39 Å². The van der Waals surface area contributed by atoms with Crippen molar-refractivity contribution in [1.29, 1.82) is 0 Å². The van der Waals surface area contributed by atoms with E-state index in [1.165, 1.54) is 6.07 Å². The zero-order valence-corrected chi connectivity index (χ0v) is 9.75. The number of nitrogens with two attached hydrogens (primary N) is 1. The van der Waals surface area contributed by atoms with E-state index in [0.29, 0.717) is 5.56 Å². The number of halogens is 2. The lowest BCUT2D eigenvalue weighted by Crippen LogP contribution is -2.35. The average molecular weight is 246 g/mol. The summed E-state index contributed by atoms with van der Waals surface area (Å²) in [6.07, 6.45) is 0. The molecule has 16 heavy (non-hydrogen) atoms. The molecule has 1 unspecified atom stereocenters. The molecule has 0 heterocycles. The number of rotatable bonds is 3. The molecule has 2 atom stereocenters. The highest BCUT2D eigenvalue weighted by Gasteiger charge is 2.26. The minimum atomic E-state index is -1.18. The standard InChI is InChI=1S/C11H13ClFNO2/c1-5-3-4-7(13)8(9(5)12)6(2)10(14)11(15)16/h3-4,6,10H,14H2,1-2H3,(H,15,16)/t6?,10-/m0/s1. The van der Waals surface area contributed by atoms with E-state index in [1.807, 2.05) is 0 Å². The van der Waals surface area contributed by atoms with Gasteiger partial charge in [0.1, 0.15) is 11.9 Å². The van der Waals surface area contributed by atoms with E-state index in [0.717, 1.165) is 0 Å². The van der Waals surface area contributed by atoms with Crippen molar-refractivity contribution < 1.29 is 14.3 Å². The second-order valence-electron chi connectivity index (χ2n) is 3.74. The van der Waals surface area contributed by atoms with Gasteiger partial charge in [-0.1, -0.05) is 24.6 Å². The van der Waals surface area contributed by atoms with Crippen molar-refractivity contribution in [1.82, 2.24) is 0 Å². The van der Waals surface area contributed by atoms with Gasteiger partial charge in [-0.15, -0.1) is 0 Å². The number of hydrogen-bond donors (Lipinski definition) is 2. The zero-order valence-electron chi connectivity index (χ0n) is 9.00. The van der Waals surface area contributed by atoms with Crippen molar-refractivity contribution in [2.75, 3.05) is 0 Å². The minimum Gasteiger partial charge on any atom is -0.480 e. The topological polar surface area (TPSA) is 63.3 Å². The Morgan fingerprint density at radius 2 is 2.12 bits per heavy atom. The maximum Gasteiger partial charge on any atom is 0.321 e. The number of carboxylic acids is 1. The third-order valence-electron chi connectivity index (χ3n) is 2.60. The Morgan fingerprint density at radius 1 is 1.56 bits per heavy atom. The third-order valence-corrected chi connectivity index (χ3v) is 3.10. The average Bonchev–Trinajstić information content (AvgIpc) is 2.22. The quantitative estimate of drug-likeness (QED) is 0.859. The van der Waals surface area contributed by atoms with Crippen LogP contribution in [0.5, 0.6) is 0 Å². The summed E-state index contributed by atoms with van der Waals surface area (Å²) in [5, 5.41) is 9.01. The van der Waals surface area contributed by atoms with Gasteiger partial charge in [-0.3, -0.25) is 4.79 Å². The Morgan fingerprint density at radius 3 is 2.62 bits per heavy atom. The molecule has 1 aromatic rings. The monoisotopic (exact) mass is 245 g/mol. The molecule has 0 aromatic heterocycles. The molecule has 0 radical (unpaired) electrons.